The number of hydrogen-bond acceptors (Lipinski definition) is 1. The lowest BCUT2D eigenvalue weighted by Gasteiger charge is -2.08. The average molecular weight is 230 g/mol. The van der Waals surface area contributed by atoms with Crippen LogP contribution in [0.5, 0.6) is 5.75 Å². The third-order valence-corrected chi connectivity index (χ3v) is 1.42. The predicted octanol–water partition coefficient (Wildman–Crippen LogP) is 3.69. The van der Waals surface area contributed by atoms with Gasteiger partial charge >= 0.3 is 6.36 Å². The van der Waals surface area contributed by atoms with Gasteiger partial charge in [0.15, 0.2) is 0 Å². The molecule has 0 aliphatic rings. The van der Waals surface area contributed by atoms with Crippen LogP contribution in [0.3, 0.4) is 0 Å². The van der Waals surface area contributed by atoms with Crippen molar-refractivity contribution in [2.75, 3.05) is 0 Å². The van der Waals surface area contributed by atoms with Crippen LogP contribution in [0.2, 0.25) is 10.0 Å². The topological polar surface area (TPSA) is 9.23 Å². The molecule has 1 rings (SSSR count). The molecule has 0 heterocycles. The Bertz CT molecular complexity index is 291. The summed E-state index contributed by atoms with van der Waals surface area (Å²) in [4.78, 5) is 0. The lowest BCUT2D eigenvalue weighted by Crippen LogP contribution is -2.17. The Kier molecular flexibility index (Phi) is 2.93. The van der Waals surface area contributed by atoms with Gasteiger partial charge in [0, 0.05) is 11.1 Å². The molecular weight excluding hydrogens is 228 g/mol. The van der Waals surface area contributed by atoms with Crippen molar-refractivity contribution in [1.82, 2.24) is 0 Å². The fraction of sp³-hybridized carbons (Fsp3) is 0.143. The molecule has 1 radical (unpaired) electrons. The molecule has 71 valence electrons. The molecular formula is C7H2Cl2F3O. The second-order valence-corrected chi connectivity index (χ2v) is 2.90. The number of rotatable bonds is 1. The van der Waals surface area contributed by atoms with Gasteiger partial charge in [-0.25, -0.2) is 0 Å². The molecule has 0 atom stereocenters. The SMILES string of the molecule is FC(F)(F)Oc1[c]c(Cl)cc(Cl)c1. The monoisotopic (exact) mass is 229 g/mol. The van der Waals surface area contributed by atoms with E-state index in [4.69, 9.17) is 23.2 Å². The predicted molar refractivity (Wildman–Crippen MR) is 42.0 cm³/mol. The highest BCUT2D eigenvalue weighted by molar-refractivity contribution is 6.34. The third kappa shape index (κ3) is 3.74. The van der Waals surface area contributed by atoms with Crippen molar-refractivity contribution in [3.05, 3.63) is 28.2 Å². The van der Waals surface area contributed by atoms with Crippen molar-refractivity contribution in [3.63, 3.8) is 0 Å². The summed E-state index contributed by atoms with van der Waals surface area (Å²) in [7, 11) is 0. The van der Waals surface area contributed by atoms with Crippen molar-refractivity contribution < 1.29 is 17.9 Å². The summed E-state index contributed by atoms with van der Waals surface area (Å²) >= 11 is 10.8. The van der Waals surface area contributed by atoms with E-state index in [0.29, 0.717) is 0 Å². The summed E-state index contributed by atoms with van der Waals surface area (Å²) in [5.41, 5.74) is 0. The van der Waals surface area contributed by atoms with Crippen LogP contribution in [0.15, 0.2) is 12.1 Å². The molecule has 0 amide bonds. The molecule has 0 spiro atoms. The molecule has 13 heavy (non-hydrogen) atoms. The first kappa shape index (κ1) is 10.5. The van der Waals surface area contributed by atoms with Gasteiger partial charge in [-0.05, 0) is 12.1 Å². The molecule has 0 bridgehead atoms. The summed E-state index contributed by atoms with van der Waals surface area (Å²) in [6.45, 7) is 0. The van der Waals surface area contributed by atoms with Gasteiger partial charge in [0.25, 0.3) is 0 Å². The average Bonchev–Trinajstić information content (AvgIpc) is 1.78. The minimum absolute atomic E-state index is 0.0354. The van der Waals surface area contributed by atoms with E-state index in [1.807, 2.05) is 0 Å². The van der Waals surface area contributed by atoms with Crippen molar-refractivity contribution in [2.24, 2.45) is 0 Å². The minimum Gasteiger partial charge on any atom is -0.405 e. The summed E-state index contributed by atoms with van der Waals surface area (Å²) < 4.78 is 38.6. The molecule has 0 aromatic heterocycles. The maximum absolute atomic E-state index is 11.7. The van der Waals surface area contributed by atoms with Crippen molar-refractivity contribution >= 4 is 23.2 Å². The van der Waals surface area contributed by atoms with E-state index in [2.05, 4.69) is 10.8 Å². The van der Waals surface area contributed by atoms with Crippen LogP contribution in [-0.2, 0) is 0 Å². The van der Waals surface area contributed by atoms with Gasteiger partial charge < -0.3 is 4.74 Å². The Morgan fingerprint density at radius 2 is 1.85 bits per heavy atom. The fourth-order valence-corrected chi connectivity index (χ4v) is 1.13. The highest BCUT2D eigenvalue weighted by atomic mass is 35.5. The molecule has 1 aromatic carbocycles. The first-order chi connectivity index (χ1) is 5.87. The lowest BCUT2D eigenvalue weighted by atomic mass is 10.3. The fourth-order valence-electron chi connectivity index (χ4n) is 0.657. The van der Waals surface area contributed by atoms with E-state index in [1.54, 1.807) is 0 Å². The largest absolute Gasteiger partial charge is 0.573 e. The summed E-state index contributed by atoms with van der Waals surface area (Å²) in [6.07, 6.45) is -4.76. The Labute approximate surface area is 82.0 Å². The Hall–Kier alpha value is -0.610. The van der Waals surface area contributed by atoms with Gasteiger partial charge in [-0.3, -0.25) is 0 Å². The lowest BCUT2D eigenvalue weighted by molar-refractivity contribution is -0.274. The second-order valence-electron chi connectivity index (χ2n) is 2.06. The standard InChI is InChI=1S/C7H2Cl2F3O/c8-4-1-5(9)3-6(2-4)13-7(10,11)12/h1-2H. The molecule has 0 aliphatic carbocycles. The zero-order valence-electron chi connectivity index (χ0n) is 5.95. The van der Waals surface area contributed by atoms with Gasteiger partial charge in [0.2, 0.25) is 0 Å². The van der Waals surface area contributed by atoms with Crippen LogP contribution in [0.1, 0.15) is 0 Å². The number of ether oxygens (including phenoxy) is 1. The van der Waals surface area contributed by atoms with Crippen LogP contribution in [0.25, 0.3) is 0 Å². The van der Waals surface area contributed by atoms with Crippen LogP contribution < -0.4 is 4.74 Å². The molecule has 0 fully saturated rings. The second kappa shape index (κ2) is 3.64. The number of alkyl halides is 3. The highest BCUT2D eigenvalue weighted by Gasteiger charge is 2.31. The van der Waals surface area contributed by atoms with Gasteiger partial charge in [-0.2, -0.15) is 0 Å². The van der Waals surface area contributed by atoms with Crippen molar-refractivity contribution in [3.8, 4) is 5.75 Å². The first-order valence-electron chi connectivity index (χ1n) is 3.01. The van der Waals surface area contributed by atoms with Crippen LogP contribution >= 0.6 is 23.2 Å². The normalized spacial score (nSPS) is 11.5. The van der Waals surface area contributed by atoms with E-state index in [1.165, 1.54) is 6.07 Å². The molecule has 0 saturated carbocycles. The summed E-state index contributed by atoms with van der Waals surface area (Å²) in [5.74, 6) is -0.551. The molecule has 6 heteroatoms. The minimum atomic E-state index is -4.76. The number of benzene rings is 1. The quantitative estimate of drug-likeness (QED) is 0.714. The maximum Gasteiger partial charge on any atom is 0.573 e. The van der Waals surface area contributed by atoms with Gasteiger partial charge in [0.05, 0.1) is 5.02 Å². The Balaban J connectivity index is 2.90. The maximum atomic E-state index is 11.7. The van der Waals surface area contributed by atoms with E-state index in [0.717, 1.165) is 6.07 Å². The molecule has 0 N–H and O–H groups in total. The van der Waals surface area contributed by atoms with E-state index in [9.17, 15) is 13.2 Å². The highest BCUT2D eigenvalue weighted by Crippen LogP contribution is 2.27. The summed E-state index contributed by atoms with van der Waals surface area (Å²) in [6, 6.07) is 4.37. The molecule has 1 aromatic rings. The Morgan fingerprint density at radius 1 is 1.23 bits per heavy atom. The number of halogens is 5. The van der Waals surface area contributed by atoms with Gasteiger partial charge in [-0.15, -0.1) is 13.2 Å². The first-order valence-corrected chi connectivity index (χ1v) is 3.76. The zero-order valence-corrected chi connectivity index (χ0v) is 7.46. The van der Waals surface area contributed by atoms with Gasteiger partial charge in [0.1, 0.15) is 5.75 Å². The van der Waals surface area contributed by atoms with Gasteiger partial charge in [-0.1, -0.05) is 23.2 Å². The number of hydrogen-bond donors (Lipinski definition) is 0. The molecule has 0 saturated heterocycles. The van der Waals surface area contributed by atoms with Crippen molar-refractivity contribution in [1.29, 1.82) is 0 Å². The molecule has 0 unspecified atom stereocenters. The zero-order chi connectivity index (χ0) is 10.1. The van der Waals surface area contributed by atoms with Crippen LogP contribution in [0.4, 0.5) is 13.2 Å². The van der Waals surface area contributed by atoms with E-state index >= 15 is 0 Å². The van der Waals surface area contributed by atoms with Crippen molar-refractivity contribution in [2.45, 2.75) is 6.36 Å². The third-order valence-electron chi connectivity index (χ3n) is 1.00. The summed E-state index contributed by atoms with van der Waals surface area (Å²) in [5, 5.41) is 0.0229. The van der Waals surface area contributed by atoms with E-state index < -0.39 is 12.1 Å². The molecule has 0 aliphatic heterocycles. The van der Waals surface area contributed by atoms with E-state index in [-0.39, 0.29) is 10.0 Å². The van der Waals surface area contributed by atoms with Crippen LogP contribution in [-0.4, -0.2) is 6.36 Å². The van der Waals surface area contributed by atoms with Crippen LogP contribution in [0, 0.1) is 6.07 Å². The smallest absolute Gasteiger partial charge is 0.405 e. The molecule has 1 nitrogen and oxygen atoms in total. The Morgan fingerprint density at radius 3 is 2.31 bits per heavy atom.